The summed E-state index contributed by atoms with van der Waals surface area (Å²) in [5.41, 5.74) is 5.26. The van der Waals surface area contributed by atoms with Gasteiger partial charge in [0, 0.05) is 12.0 Å². The highest BCUT2D eigenvalue weighted by Crippen LogP contribution is 2.31. The average Bonchev–Trinajstić information content (AvgIpc) is 2.27. The third-order valence-corrected chi connectivity index (χ3v) is 2.40. The molecule has 0 spiro atoms. The van der Waals surface area contributed by atoms with Crippen LogP contribution in [0.15, 0.2) is 24.3 Å². The second-order valence-electron chi connectivity index (χ2n) is 3.64. The molecule has 104 valence electrons. The number of nitrogens with two attached hydrogens (primary N) is 1. The van der Waals surface area contributed by atoms with Crippen LogP contribution in [0.25, 0.3) is 0 Å². The Labute approximate surface area is 109 Å². The molecule has 1 aromatic rings. The van der Waals surface area contributed by atoms with Crippen LogP contribution < -0.4 is 10.5 Å². The number of para-hydroxylation sites is 1. The average molecular weight is 286 g/mol. The Morgan fingerprint density at radius 1 is 1.33 bits per heavy atom. The monoisotopic (exact) mass is 285 g/mol. The van der Waals surface area contributed by atoms with Crippen LogP contribution in [0.5, 0.6) is 5.75 Å². The maximum absolute atomic E-state index is 12.2. The summed E-state index contributed by atoms with van der Waals surface area (Å²) >= 11 is 0. The molecule has 0 aliphatic carbocycles. The van der Waals surface area contributed by atoms with Crippen LogP contribution in [0.1, 0.15) is 18.1 Å². The van der Waals surface area contributed by atoms with Gasteiger partial charge in [-0.1, -0.05) is 18.2 Å². The third-order valence-electron chi connectivity index (χ3n) is 2.40. The molecule has 0 saturated carbocycles. The lowest BCUT2D eigenvalue weighted by atomic mass is 10.0. The number of ether oxygens (including phenoxy) is 1. The molecule has 0 aliphatic heterocycles. The maximum Gasteiger partial charge on any atom is 0.403 e. The Balaban J connectivity index is 0.00000289. The van der Waals surface area contributed by atoms with Gasteiger partial charge in [0.05, 0.1) is 13.2 Å². The van der Waals surface area contributed by atoms with E-state index in [-0.39, 0.29) is 12.4 Å². The van der Waals surface area contributed by atoms with Crippen LogP contribution in [0.3, 0.4) is 0 Å². The Morgan fingerprint density at radius 2 is 1.89 bits per heavy atom. The highest BCUT2D eigenvalue weighted by atomic mass is 35.5. The van der Waals surface area contributed by atoms with Gasteiger partial charge in [0.2, 0.25) is 0 Å². The van der Waals surface area contributed by atoms with Crippen LogP contribution in [0, 0.1) is 0 Å². The van der Waals surface area contributed by atoms with Gasteiger partial charge in [-0.25, -0.2) is 0 Å². The fourth-order valence-corrected chi connectivity index (χ4v) is 1.44. The van der Waals surface area contributed by atoms with Crippen molar-refractivity contribution in [1.82, 2.24) is 0 Å². The van der Waals surface area contributed by atoms with E-state index in [9.17, 15) is 18.3 Å². The molecule has 1 aromatic carbocycles. The topological polar surface area (TPSA) is 55.5 Å². The summed E-state index contributed by atoms with van der Waals surface area (Å²) in [4.78, 5) is 0. The van der Waals surface area contributed by atoms with E-state index in [1.54, 1.807) is 18.2 Å². The molecule has 7 heteroatoms. The quantitative estimate of drug-likeness (QED) is 0.893. The van der Waals surface area contributed by atoms with E-state index < -0.39 is 24.7 Å². The second kappa shape index (κ2) is 6.82. The minimum absolute atomic E-state index is 0. The first-order chi connectivity index (χ1) is 7.86. The van der Waals surface area contributed by atoms with Crippen molar-refractivity contribution >= 4 is 12.4 Å². The van der Waals surface area contributed by atoms with E-state index in [4.69, 9.17) is 10.5 Å². The van der Waals surface area contributed by atoms with E-state index in [2.05, 4.69) is 0 Å². The first kappa shape index (κ1) is 17.0. The van der Waals surface area contributed by atoms with E-state index >= 15 is 0 Å². The van der Waals surface area contributed by atoms with Crippen LogP contribution in [0.2, 0.25) is 0 Å². The van der Waals surface area contributed by atoms with Crippen molar-refractivity contribution in [3.05, 3.63) is 29.8 Å². The fourth-order valence-electron chi connectivity index (χ4n) is 1.44. The maximum atomic E-state index is 12.2. The first-order valence-electron chi connectivity index (χ1n) is 4.99. The standard InChI is InChI=1S/C11H14F3NO2.ClH/c1-17-9-5-3-2-4-7(9)8(16)6-10(15)11(12,13)14;/h2-5,8,10,16H,6,15H2,1H3;1H/t8-,10-;/m1./s1. The summed E-state index contributed by atoms with van der Waals surface area (Å²) < 4.78 is 41.7. The number of benzene rings is 1. The summed E-state index contributed by atoms with van der Waals surface area (Å²) in [6.07, 6.45) is -6.41. The first-order valence-corrected chi connectivity index (χ1v) is 4.99. The molecule has 0 heterocycles. The number of aliphatic hydroxyl groups excluding tert-OH is 1. The lowest BCUT2D eigenvalue weighted by molar-refractivity contribution is -0.153. The van der Waals surface area contributed by atoms with Gasteiger partial charge in [-0.05, 0) is 6.07 Å². The Hall–Kier alpha value is -0.980. The molecular weight excluding hydrogens is 271 g/mol. The zero-order valence-electron chi connectivity index (χ0n) is 9.65. The smallest absolute Gasteiger partial charge is 0.403 e. The minimum atomic E-state index is -4.51. The number of methoxy groups -OCH3 is 1. The normalized spacial score (nSPS) is 14.6. The number of halogens is 4. The van der Waals surface area contributed by atoms with E-state index in [1.165, 1.54) is 13.2 Å². The number of rotatable bonds is 4. The highest BCUT2D eigenvalue weighted by Gasteiger charge is 2.38. The summed E-state index contributed by atoms with van der Waals surface area (Å²) in [6.45, 7) is 0. The summed E-state index contributed by atoms with van der Waals surface area (Å²) in [7, 11) is 1.38. The zero-order chi connectivity index (χ0) is 13.1. The molecule has 1 rings (SSSR count). The predicted octanol–water partition coefficient (Wildman–Crippen LogP) is 2.43. The van der Waals surface area contributed by atoms with Gasteiger partial charge in [-0.2, -0.15) is 13.2 Å². The predicted molar refractivity (Wildman–Crippen MR) is 63.8 cm³/mol. The molecule has 0 aromatic heterocycles. The van der Waals surface area contributed by atoms with Crippen LogP contribution in [0.4, 0.5) is 13.2 Å². The summed E-state index contributed by atoms with van der Waals surface area (Å²) in [5.74, 6) is 0.342. The number of hydrogen-bond donors (Lipinski definition) is 2. The van der Waals surface area contributed by atoms with Crippen molar-refractivity contribution in [3.63, 3.8) is 0 Å². The largest absolute Gasteiger partial charge is 0.496 e. The Morgan fingerprint density at radius 3 is 2.39 bits per heavy atom. The summed E-state index contributed by atoms with van der Waals surface area (Å²) in [5, 5.41) is 9.71. The van der Waals surface area contributed by atoms with Crippen molar-refractivity contribution in [2.75, 3.05) is 7.11 Å². The van der Waals surface area contributed by atoms with E-state index in [0.717, 1.165) is 0 Å². The molecule has 0 radical (unpaired) electrons. The van der Waals surface area contributed by atoms with Gasteiger partial charge in [-0.3, -0.25) is 0 Å². The van der Waals surface area contributed by atoms with Gasteiger partial charge in [0.1, 0.15) is 11.8 Å². The molecule has 18 heavy (non-hydrogen) atoms. The molecule has 3 nitrogen and oxygen atoms in total. The SMILES string of the molecule is COc1ccccc1[C@H](O)C[C@@H](N)C(F)(F)F.Cl. The second-order valence-corrected chi connectivity index (χ2v) is 3.64. The molecule has 3 N–H and O–H groups in total. The van der Waals surface area contributed by atoms with E-state index in [1.807, 2.05) is 0 Å². The number of hydrogen-bond acceptors (Lipinski definition) is 3. The van der Waals surface area contributed by atoms with Crippen LogP contribution >= 0.6 is 12.4 Å². The molecule has 0 fully saturated rings. The molecular formula is C11H15ClF3NO2. The third kappa shape index (κ3) is 4.36. The van der Waals surface area contributed by atoms with Gasteiger partial charge in [0.15, 0.2) is 0 Å². The summed E-state index contributed by atoms with van der Waals surface area (Å²) in [6, 6.07) is 4.30. The zero-order valence-corrected chi connectivity index (χ0v) is 10.5. The van der Waals surface area contributed by atoms with Gasteiger partial charge < -0.3 is 15.6 Å². The molecule has 2 atom stereocenters. The van der Waals surface area contributed by atoms with Gasteiger partial charge in [0.25, 0.3) is 0 Å². The minimum Gasteiger partial charge on any atom is -0.496 e. The lowest BCUT2D eigenvalue weighted by Gasteiger charge is -2.20. The van der Waals surface area contributed by atoms with Crippen molar-refractivity contribution < 1.29 is 23.0 Å². The molecule has 0 aliphatic rings. The fraction of sp³-hybridized carbons (Fsp3) is 0.455. The Kier molecular flexibility index (Phi) is 6.45. The molecule has 0 unspecified atom stereocenters. The highest BCUT2D eigenvalue weighted by molar-refractivity contribution is 5.85. The van der Waals surface area contributed by atoms with Gasteiger partial charge >= 0.3 is 6.18 Å². The van der Waals surface area contributed by atoms with Crippen molar-refractivity contribution in [3.8, 4) is 5.75 Å². The van der Waals surface area contributed by atoms with Crippen molar-refractivity contribution in [2.24, 2.45) is 5.73 Å². The van der Waals surface area contributed by atoms with Crippen LogP contribution in [-0.2, 0) is 0 Å². The molecule has 0 bridgehead atoms. The molecule has 0 saturated heterocycles. The Bertz CT molecular complexity index is 374. The van der Waals surface area contributed by atoms with Crippen molar-refractivity contribution in [1.29, 1.82) is 0 Å². The van der Waals surface area contributed by atoms with Crippen LogP contribution in [-0.4, -0.2) is 24.4 Å². The number of aliphatic hydroxyl groups is 1. The lowest BCUT2D eigenvalue weighted by Crippen LogP contribution is -2.38. The molecule has 0 amide bonds. The van der Waals surface area contributed by atoms with E-state index in [0.29, 0.717) is 11.3 Å². The number of alkyl halides is 3. The van der Waals surface area contributed by atoms with Gasteiger partial charge in [-0.15, -0.1) is 12.4 Å². The van der Waals surface area contributed by atoms with Crippen molar-refractivity contribution in [2.45, 2.75) is 24.7 Å².